The first kappa shape index (κ1) is 17.4. The van der Waals surface area contributed by atoms with Gasteiger partial charge in [-0.05, 0) is 35.0 Å². The Bertz CT molecular complexity index is 942. The number of rotatable bonds is 6. The fourth-order valence-corrected chi connectivity index (χ4v) is 2.35. The third-order valence-electron chi connectivity index (χ3n) is 3.55. The molecule has 5 nitrogen and oxygen atoms in total. The molecule has 26 heavy (non-hydrogen) atoms. The van der Waals surface area contributed by atoms with Gasteiger partial charge in [0.1, 0.15) is 11.6 Å². The topological polar surface area (TPSA) is 64.6 Å². The lowest BCUT2D eigenvalue weighted by molar-refractivity contribution is -0.149. The number of hydrogen-bond acceptors (Lipinski definition) is 4. The van der Waals surface area contributed by atoms with Gasteiger partial charge in [-0.3, -0.25) is 4.79 Å². The highest BCUT2D eigenvalue weighted by Crippen LogP contribution is 2.18. The summed E-state index contributed by atoms with van der Waals surface area (Å²) in [7, 11) is 0. The molecule has 0 aliphatic rings. The van der Waals surface area contributed by atoms with Gasteiger partial charge in [0.15, 0.2) is 13.2 Å². The number of halogens is 1. The predicted octanol–water partition coefficient (Wildman–Crippen LogP) is 3.54. The fourth-order valence-electron chi connectivity index (χ4n) is 2.35. The zero-order chi connectivity index (χ0) is 18.4. The van der Waals surface area contributed by atoms with Gasteiger partial charge in [0.25, 0.3) is 5.91 Å². The summed E-state index contributed by atoms with van der Waals surface area (Å²) in [6.45, 7) is -0.842. The average Bonchev–Trinajstić information content (AvgIpc) is 2.65. The number of anilines is 1. The van der Waals surface area contributed by atoms with E-state index in [9.17, 15) is 14.0 Å². The van der Waals surface area contributed by atoms with Gasteiger partial charge in [0, 0.05) is 11.8 Å². The van der Waals surface area contributed by atoms with Crippen LogP contribution in [0.3, 0.4) is 0 Å². The van der Waals surface area contributed by atoms with Gasteiger partial charge in [0.2, 0.25) is 0 Å². The molecule has 0 bridgehead atoms. The van der Waals surface area contributed by atoms with Crippen LogP contribution in [0.25, 0.3) is 10.8 Å². The van der Waals surface area contributed by atoms with Crippen LogP contribution >= 0.6 is 0 Å². The Hall–Kier alpha value is -3.41. The van der Waals surface area contributed by atoms with Crippen molar-refractivity contribution in [1.82, 2.24) is 0 Å². The van der Waals surface area contributed by atoms with E-state index < -0.39 is 30.9 Å². The minimum absolute atomic E-state index is 0.211. The van der Waals surface area contributed by atoms with E-state index in [4.69, 9.17) is 9.47 Å². The van der Waals surface area contributed by atoms with Crippen LogP contribution < -0.4 is 10.1 Å². The lowest BCUT2D eigenvalue weighted by atomic mass is 10.1. The van der Waals surface area contributed by atoms with Crippen molar-refractivity contribution in [3.8, 4) is 5.75 Å². The summed E-state index contributed by atoms with van der Waals surface area (Å²) in [4.78, 5) is 23.5. The van der Waals surface area contributed by atoms with Crippen LogP contribution in [0.1, 0.15) is 0 Å². The molecule has 0 aliphatic heterocycles. The fraction of sp³-hybridized carbons (Fsp3) is 0.100. The number of esters is 1. The monoisotopic (exact) mass is 353 g/mol. The average molecular weight is 353 g/mol. The van der Waals surface area contributed by atoms with Crippen LogP contribution in [0.5, 0.6) is 5.75 Å². The first-order chi connectivity index (χ1) is 12.6. The zero-order valence-corrected chi connectivity index (χ0v) is 13.8. The summed E-state index contributed by atoms with van der Waals surface area (Å²) in [6, 6.07) is 18.7. The molecule has 0 spiro atoms. The molecule has 3 aromatic carbocycles. The number of carbonyl (C=O) groups excluding carboxylic acids is 2. The van der Waals surface area contributed by atoms with Crippen LogP contribution in [-0.4, -0.2) is 25.1 Å². The highest BCUT2D eigenvalue weighted by atomic mass is 19.1. The van der Waals surface area contributed by atoms with E-state index in [-0.39, 0.29) is 5.75 Å². The summed E-state index contributed by atoms with van der Waals surface area (Å²) in [6.07, 6.45) is 0. The van der Waals surface area contributed by atoms with Crippen molar-refractivity contribution in [2.75, 3.05) is 18.5 Å². The van der Waals surface area contributed by atoms with Gasteiger partial charge in [-0.25, -0.2) is 9.18 Å². The molecule has 0 unspecified atom stereocenters. The molecule has 0 aromatic heterocycles. The second-order valence-corrected chi connectivity index (χ2v) is 5.52. The molecule has 1 N–H and O–H groups in total. The molecular formula is C20H16FNO4. The van der Waals surface area contributed by atoms with E-state index in [1.54, 1.807) is 6.07 Å². The van der Waals surface area contributed by atoms with E-state index in [1.165, 1.54) is 18.2 Å². The molecule has 6 heteroatoms. The smallest absolute Gasteiger partial charge is 0.344 e. The lowest BCUT2D eigenvalue weighted by Gasteiger charge is -2.08. The van der Waals surface area contributed by atoms with Crippen LogP contribution in [-0.2, 0) is 14.3 Å². The lowest BCUT2D eigenvalue weighted by Crippen LogP contribution is -2.23. The van der Waals surface area contributed by atoms with E-state index in [0.717, 1.165) is 16.8 Å². The largest absolute Gasteiger partial charge is 0.482 e. The van der Waals surface area contributed by atoms with E-state index in [1.807, 2.05) is 36.4 Å². The molecule has 3 aromatic rings. The molecule has 0 heterocycles. The van der Waals surface area contributed by atoms with Crippen molar-refractivity contribution in [2.45, 2.75) is 0 Å². The van der Waals surface area contributed by atoms with Crippen molar-refractivity contribution < 1.29 is 23.5 Å². The number of nitrogens with one attached hydrogen (secondary N) is 1. The van der Waals surface area contributed by atoms with E-state index in [0.29, 0.717) is 5.69 Å². The molecule has 0 aliphatic carbocycles. The SMILES string of the molecule is O=C(COC(=O)COc1cccc(F)c1)Nc1ccc2ccccc2c1. The molecule has 0 atom stereocenters. The maximum absolute atomic E-state index is 13.0. The minimum Gasteiger partial charge on any atom is -0.482 e. The van der Waals surface area contributed by atoms with Gasteiger partial charge in [0.05, 0.1) is 0 Å². The quantitative estimate of drug-likeness (QED) is 0.689. The number of hydrogen-bond donors (Lipinski definition) is 1. The third kappa shape index (κ3) is 4.80. The normalized spacial score (nSPS) is 10.3. The first-order valence-electron chi connectivity index (χ1n) is 7.93. The third-order valence-corrected chi connectivity index (χ3v) is 3.55. The summed E-state index contributed by atoms with van der Waals surface area (Å²) in [5.41, 5.74) is 0.612. The van der Waals surface area contributed by atoms with Crippen LogP contribution in [0, 0.1) is 5.82 Å². The molecule has 132 valence electrons. The Morgan fingerprint density at radius 3 is 2.50 bits per heavy atom. The highest BCUT2D eigenvalue weighted by molar-refractivity contribution is 5.95. The molecule has 0 radical (unpaired) electrons. The number of fused-ring (bicyclic) bond motifs is 1. The van der Waals surface area contributed by atoms with E-state index >= 15 is 0 Å². The van der Waals surface area contributed by atoms with Gasteiger partial charge in [-0.15, -0.1) is 0 Å². The Kier molecular flexibility index (Phi) is 5.43. The summed E-state index contributed by atoms with van der Waals surface area (Å²) in [5.74, 6) is -1.43. The van der Waals surface area contributed by atoms with Crippen molar-refractivity contribution in [2.24, 2.45) is 0 Å². The van der Waals surface area contributed by atoms with Crippen LogP contribution in [0.4, 0.5) is 10.1 Å². The summed E-state index contributed by atoms with van der Waals surface area (Å²) < 4.78 is 22.9. The standard InChI is InChI=1S/C20H16FNO4/c21-16-6-3-7-18(11-16)25-13-20(24)26-12-19(23)22-17-9-8-14-4-1-2-5-15(14)10-17/h1-11H,12-13H2,(H,22,23). The molecule has 3 rings (SSSR count). The zero-order valence-electron chi connectivity index (χ0n) is 13.8. The highest BCUT2D eigenvalue weighted by Gasteiger charge is 2.09. The summed E-state index contributed by atoms with van der Waals surface area (Å²) in [5, 5.41) is 4.72. The second-order valence-electron chi connectivity index (χ2n) is 5.52. The van der Waals surface area contributed by atoms with Crippen molar-refractivity contribution in [3.63, 3.8) is 0 Å². The molecule has 0 saturated carbocycles. The van der Waals surface area contributed by atoms with Gasteiger partial charge >= 0.3 is 5.97 Å². The summed E-state index contributed by atoms with van der Waals surface area (Å²) >= 11 is 0. The van der Waals surface area contributed by atoms with Crippen molar-refractivity contribution in [1.29, 1.82) is 0 Å². The number of amides is 1. The Balaban J connectivity index is 1.46. The first-order valence-corrected chi connectivity index (χ1v) is 7.93. The van der Waals surface area contributed by atoms with Crippen LogP contribution in [0.2, 0.25) is 0 Å². The predicted molar refractivity (Wildman–Crippen MR) is 95.4 cm³/mol. The molecule has 0 fully saturated rings. The Morgan fingerprint density at radius 1 is 0.885 bits per heavy atom. The number of carbonyl (C=O) groups is 2. The van der Waals surface area contributed by atoms with Crippen LogP contribution in [0.15, 0.2) is 66.7 Å². The number of ether oxygens (including phenoxy) is 2. The molecule has 1 amide bonds. The Morgan fingerprint density at radius 2 is 1.69 bits per heavy atom. The van der Waals surface area contributed by atoms with Gasteiger partial charge in [-0.1, -0.05) is 36.4 Å². The van der Waals surface area contributed by atoms with Gasteiger partial charge < -0.3 is 14.8 Å². The second kappa shape index (κ2) is 8.11. The van der Waals surface area contributed by atoms with Crippen molar-refractivity contribution >= 4 is 28.3 Å². The Labute approximate surface area is 149 Å². The molecular weight excluding hydrogens is 337 g/mol. The molecule has 0 saturated heterocycles. The number of benzene rings is 3. The minimum atomic E-state index is -0.720. The maximum atomic E-state index is 13.0. The van der Waals surface area contributed by atoms with Gasteiger partial charge in [-0.2, -0.15) is 0 Å². The van der Waals surface area contributed by atoms with Crippen molar-refractivity contribution in [3.05, 3.63) is 72.5 Å². The maximum Gasteiger partial charge on any atom is 0.344 e. The van der Waals surface area contributed by atoms with E-state index in [2.05, 4.69) is 5.32 Å².